The molecule has 2 aliphatic carbocycles. The van der Waals surface area contributed by atoms with Gasteiger partial charge in [-0.15, -0.1) is 0 Å². The summed E-state index contributed by atoms with van der Waals surface area (Å²) in [7, 11) is 1.70. The maximum atomic E-state index is 9.95. The lowest BCUT2D eigenvalue weighted by Gasteiger charge is -2.36. The molecule has 2 aliphatic heterocycles. The van der Waals surface area contributed by atoms with Gasteiger partial charge in [0.05, 0.1) is 18.6 Å². The van der Waals surface area contributed by atoms with Crippen molar-refractivity contribution < 1.29 is 14.6 Å². The van der Waals surface area contributed by atoms with Gasteiger partial charge < -0.3 is 19.9 Å². The van der Waals surface area contributed by atoms with Crippen LogP contribution in [0.15, 0.2) is 47.1 Å². The third-order valence-corrected chi connectivity index (χ3v) is 5.68. The minimum Gasteiger partial charge on any atom is -0.497 e. The van der Waals surface area contributed by atoms with Crippen molar-refractivity contribution in [1.29, 1.82) is 0 Å². The zero-order valence-corrected chi connectivity index (χ0v) is 13.4. The molecule has 0 saturated carbocycles. The van der Waals surface area contributed by atoms with Crippen molar-refractivity contribution >= 4 is 15.9 Å². The average molecular weight is 352 g/mol. The monoisotopic (exact) mass is 351 g/mol. The Hall–Kier alpha value is -1.20. The van der Waals surface area contributed by atoms with Crippen LogP contribution in [0.25, 0.3) is 0 Å². The van der Waals surface area contributed by atoms with Crippen molar-refractivity contribution in [2.45, 2.75) is 29.9 Å². The molecule has 0 amide bonds. The molecule has 0 aromatic carbocycles. The largest absolute Gasteiger partial charge is 0.497 e. The first-order chi connectivity index (χ1) is 10.2. The molecule has 0 radical (unpaired) electrons. The number of hydrogen-bond acceptors (Lipinski definition) is 4. The number of aliphatic hydroxyl groups is 1. The molecule has 4 aliphatic rings. The van der Waals surface area contributed by atoms with Crippen LogP contribution in [0.3, 0.4) is 0 Å². The molecule has 1 fully saturated rings. The summed E-state index contributed by atoms with van der Waals surface area (Å²) in [6.07, 6.45) is 9.06. The Morgan fingerprint density at radius 1 is 1.52 bits per heavy atom. The standard InChI is InChI=1S/C16H18BrNO3/c1-20-12-7-11(17)10-3-5-18-8-16-4-2-9(19)6-13(16)21-15(12)14(10)16/h2-5,9,11,13,18-19H,6-8H2,1H3. The molecular weight excluding hydrogens is 334 g/mol. The van der Waals surface area contributed by atoms with Crippen molar-refractivity contribution in [3.05, 3.63) is 47.1 Å². The number of methoxy groups -OCH3 is 1. The van der Waals surface area contributed by atoms with Crippen LogP contribution in [-0.2, 0) is 9.47 Å². The molecule has 4 nitrogen and oxygen atoms in total. The average Bonchev–Trinajstić information content (AvgIpc) is 2.67. The van der Waals surface area contributed by atoms with Crippen LogP contribution in [0.4, 0.5) is 0 Å². The first-order valence-corrected chi connectivity index (χ1v) is 8.17. The minimum atomic E-state index is -0.438. The Morgan fingerprint density at radius 3 is 3.19 bits per heavy atom. The van der Waals surface area contributed by atoms with E-state index in [9.17, 15) is 5.11 Å². The van der Waals surface area contributed by atoms with Crippen molar-refractivity contribution in [1.82, 2.24) is 5.32 Å². The van der Waals surface area contributed by atoms with E-state index in [1.165, 1.54) is 11.1 Å². The summed E-state index contributed by atoms with van der Waals surface area (Å²) >= 11 is 3.77. The summed E-state index contributed by atoms with van der Waals surface area (Å²) in [6.45, 7) is 0.774. The maximum Gasteiger partial charge on any atom is 0.162 e. The fourth-order valence-corrected chi connectivity index (χ4v) is 4.51. The van der Waals surface area contributed by atoms with Gasteiger partial charge in [-0.25, -0.2) is 0 Å². The molecule has 0 aromatic rings. The molecular formula is C16H18BrNO3. The quantitative estimate of drug-likeness (QED) is 0.561. The molecule has 1 saturated heterocycles. The zero-order valence-electron chi connectivity index (χ0n) is 11.8. The van der Waals surface area contributed by atoms with Gasteiger partial charge in [-0.1, -0.05) is 28.1 Å². The van der Waals surface area contributed by atoms with E-state index in [2.05, 4.69) is 33.4 Å². The van der Waals surface area contributed by atoms with Gasteiger partial charge in [-0.3, -0.25) is 0 Å². The summed E-state index contributed by atoms with van der Waals surface area (Å²) in [4.78, 5) is 0.224. The molecule has 2 N–H and O–H groups in total. The van der Waals surface area contributed by atoms with Crippen LogP contribution in [0.2, 0.25) is 0 Å². The Kier molecular flexibility index (Phi) is 2.98. The number of nitrogens with one attached hydrogen (secondary N) is 1. The predicted molar refractivity (Wildman–Crippen MR) is 82.6 cm³/mol. The Labute approximate surface area is 132 Å². The highest BCUT2D eigenvalue weighted by molar-refractivity contribution is 9.09. The van der Waals surface area contributed by atoms with Crippen LogP contribution < -0.4 is 5.32 Å². The predicted octanol–water partition coefficient (Wildman–Crippen LogP) is 2.13. The Morgan fingerprint density at radius 2 is 2.38 bits per heavy atom. The summed E-state index contributed by atoms with van der Waals surface area (Å²) in [5, 5.41) is 13.3. The summed E-state index contributed by atoms with van der Waals surface area (Å²) in [6, 6.07) is 0. The molecule has 4 unspecified atom stereocenters. The number of allylic oxidation sites excluding steroid dienone is 4. The third kappa shape index (κ3) is 1.77. The van der Waals surface area contributed by atoms with E-state index in [4.69, 9.17) is 9.47 Å². The van der Waals surface area contributed by atoms with Gasteiger partial charge in [-0.2, -0.15) is 0 Å². The Bertz CT molecular complexity index is 607. The topological polar surface area (TPSA) is 50.7 Å². The van der Waals surface area contributed by atoms with E-state index in [-0.39, 0.29) is 16.3 Å². The molecule has 4 atom stereocenters. The number of alkyl halides is 1. The van der Waals surface area contributed by atoms with Gasteiger partial charge in [0.1, 0.15) is 11.9 Å². The maximum absolute atomic E-state index is 9.95. The van der Waals surface area contributed by atoms with Gasteiger partial charge in [0.15, 0.2) is 5.76 Å². The number of ether oxygens (including phenoxy) is 2. The molecule has 112 valence electrons. The molecule has 0 aromatic heterocycles. The van der Waals surface area contributed by atoms with E-state index >= 15 is 0 Å². The SMILES string of the molecule is COC1=C2OC3CC(O)C=CC34CNC=CC(=C24)C(Br)C1. The van der Waals surface area contributed by atoms with Crippen LogP contribution in [0.1, 0.15) is 12.8 Å². The van der Waals surface area contributed by atoms with Crippen molar-refractivity contribution in [2.24, 2.45) is 5.41 Å². The zero-order chi connectivity index (χ0) is 14.6. The lowest BCUT2D eigenvalue weighted by molar-refractivity contribution is 0.0413. The first kappa shape index (κ1) is 13.5. The van der Waals surface area contributed by atoms with E-state index in [1.807, 2.05) is 12.3 Å². The second kappa shape index (κ2) is 4.65. The molecule has 5 heteroatoms. The van der Waals surface area contributed by atoms with Crippen LogP contribution in [0.5, 0.6) is 0 Å². The number of aliphatic hydroxyl groups excluding tert-OH is 1. The van der Waals surface area contributed by atoms with Crippen molar-refractivity contribution in [3.63, 3.8) is 0 Å². The van der Waals surface area contributed by atoms with Gasteiger partial charge in [0.25, 0.3) is 0 Å². The Balaban J connectivity index is 1.96. The summed E-state index contributed by atoms with van der Waals surface area (Å²) in [5.41, 5.74) is 2.24. The van der Waals surface area contributed by atoms with E-state index in [1.54, 1.807) is 7.11 Å². The van der Waals surface area contributed by atoms with Gasteiger partial charge in [-0.05, 0) is 17.8 Å². The highest BCUT2D eigenvalue weighted by Gasteiger charge is 2.55. The smallest absolute Gasteiger partial charge is 0.162 e. The second-order valence-electron chi connectivity index (χ2n) is 5.98. The van der Waals surface area contributed by atoms with Crippen LogP contribution in [-0.4, -0.2) is 35.8 Å². The fourth-order valence-electron chi connectivity index (χ4n) is 3.84. The van der Waals surface area contributed by atoms with Gasteiger partial charge in [0.2, 0.25) is 0 Å². The summed E-state index contributed by atoms with van der Waals surface area (Å²) < 4.78 is 11.8. The third-order valence-electron chi connectivity index (χ3n) is 4.86. The number of rotatable bonds is 1. The lowest BCUT2D eigenvalue weighted by atomic mass is 9.69. The molecule has 1 spiro atoms. The van der Waals surface area contributed by atoms with E-state index in [0.717, 1.165) is 24.5 Å². The second-order valence-corrected chi connectivity index (χ2v) is 7.09. The normalized spacial score (nSPS) is 40.2. The van der Waals surface area contributed by atoms with Crippen molar-refractivity contribution in [2.75, 3.05) is 13.7 Å². The molecule has 21 heavy (non-hydrogen) atoms. The van der Waals surface area contributed by atoms with E-state index < -0.39 is 6.10 Å². The number of hydrogen-bond donors (Lipinski definition) is 2. The van der Waals surface area contributed by atoms with Gasteiger partial charge in [0, 0.05) is 29.8 Å². The molecule has 2 heterocycles. The van der Waals surface area contributed by atoms with Gasteiger partial charge >= 0.3 is 0 Å². The fraction of sp³-hybridized carbons (Fsp3) is 0.500. The van der Waals surface area contributed by atoms with Crippen LogP contribution in [0, 0.1) is 5.41 Å². The first-order valence-electron chi connectivity index (χ1n) is 7.26. The highest BCUT2D eigenvalue weighted by atomic mass is 79.9. The van der Waals surface area contributed by atoms with E-state index in [0.29, 0.717) is 6.42 Å². The van der Waals surface area contributed by atoms with Crippen molar-refractivity contribution in [3.8, 4) is 0 Å². The minimum absolute atomic E-state index is 0.0483. The number of halogens is 1. The molecule has 0 bridgehead atoms. The molecule has 4 rings (SSSR count). The van der Waals surface area contributed by atoms with Crippen LogP contribution >= 0.6 is 15.9 Å². The summed E-state index contributed by atoms with van der Waals surface area (Å²) in [5.74, 6) is 1.77. The lowest BCUT2D eigenvalue weighted by Crippen LogP contribution is -2.43. The highest BCUT2D eigenvalue weighted by Crippen LogP contribution is 2.56.